The molecule has 0 atom stereocenters. The van der Waals surface area contributed by atoms with Gasteiger partial charge in [0, 0.05) is 0 Å². The van der Waals surface area contributed by atoms with Gasteiger partial charge in [-0.2, -0.15) is 0 Å². The zero-order valence-corrected chi connectivity index (χ0v) is 9.45. The minimum absolute atomic E-state index is 0.390. The van der Waals surface area contributed by atoms with Crippen molar-refractivity contribution in [1.82, 2.24) is 0 Å². The number of hydrogen-bond donors (Lipinski definition) is 0. The van der Waals surface area contributed by atoms with Crippen LogP contribution in [-0.4, -0.2) is 30.9 Å². The van der Waals surface area contributed by atoms with Crippen LogP contribution in [0.15, 0.2) is 18.2 Å². The fourth-order valence-corrected chi connectivity index (χ4v) is 2.06. The van der Waals surface area contributed by atoms with Crippen molar-refractivity contribution < 1.29 is 9.47 Å². The zero-order chi connectivity index (χ0) is 10.7. The third kappa shape index (κ3) is 2.71. The summed E-state index contributed by atoms with van der Waals surface area (Å²) in [5.41, 5.74) is 0. The Kier molecular flexibility index (Phi) is 3.61. The van der Waals surface area contributed by atoms with Gasteiger partial charge in [-0.3, -0.25) is 0 Å². The van der Waals surface area contributed by atoms with Crippen LogP contribution in [0, 0.1) is 0 Å². The van der Waals surface area contributed by atoms with Crippen LogP contribution in [0.4, 0.5) is 0 Å². The van der Waals surface area contributed by atoms with E-state index in [1.165, 1.54) is 29.9 Å². The van der Waals surface area contributed by atoms with Crippen molar-refractivity contribution in [3.63, 3.8) is 0 Å². The Labute approximate surface area is 100 Å². The second kappa shape index (κ2) is 4.96. The molecule has 1 saturated carbocycles. The van der Waals surface area contributed by atoms with Gasteiger partial charge in [0.25, 0.3) is 0 Å². The van der Waals surface area contributed by atoms with Gasteiger partial charge in [0.15, 0.2) is 0 Å². The first-order valence-electron chi connectivity index (χ1n) is 5.61. The van der Waals surface area contributed by atoms with Crippen LogP contribution in [0.25, 0.3) is 0 Å². The first-order chi connectivity index (χ1) is 7.29. The number of ether oxygens (including phenoxy) is 2. The molecule has 3 heteroatoms. The van der Waals surface area contributed by atoms with Crippen LogP contribution in [0.3, 0.4) is 0 Å². The molecule has 0 unspecified atom stereocenters. The molecule has 0 spiro atoms. The summed E-state index contributed by atoms with van der Waals surface area (Å²) in [4.78, 5) is 0. The van der Waals surface area contributed by atoms with Gasteiger partial charge in [-0.1, -0.05) is 0 Å². The van der Waals surface area contributed by atoms with E-state index in [1.807, 2.05) is 12.1 Å². The Balaban J connectivity index is 2.14. The molecule has 1 aliphatic carbocycles. The number of hydrogen-bond acceptors (Lipinski definition) is 2. The van der Waals surface area contributed by atoms with E-state index < -0.39 is 0 Å². The zero-order valence-electron chi connectivity index (χ0n) is 9.45. The topological polar surface area (TPSA) is 18.5 Å². The molecule has 1 fully saturated rings. The van der Waals surface area contributed by atoms with Crippen LogP contribution in [0.1, 0.15) is 25.7 Å². The van der Waals surface area contributed by atoms with E-state index in [0.717, 1.165) is 11.5 Å². The molecule has 0 radical (unpaired) electrons. The molecule has 2 rings (SSSR count). The molecule has 0 amide bonds. The quantitative estimate of drug-likeness (QED) is 0.689. The Morgan fingerprint density at radius 2 is 1.93 bits per heavy atom. The normalized spacial score (nSPS) is 16.7. The maximum atomic E-state index is 5.95. The van der Waals surface area contributed by atoms with E-state index in [0.29, 0.717) is 6.10 Å². The first kappa shape index (κ1) is 10.9. The summed E-state index contributed by atoms with van der Waals surface area (Å²) >= 11 is 2.07. The summed E-state index contributed by atoms with van der Waals surface area (Å²) in [5.74, 6) is 1.73. The van der Waals surface area contributed by atoms with E-state index in [2.05, 4.69) is 23.8 Å². The Morgan fingerprint density at radius 3 is 2.60 bits per heavy atom. The molecule has 0 aliphatic heterocycles. The second-order valence-corrected chi connectivity index (χ2v) is 4.18. The maximum absolute atomic E-state index is 5.95. The predicted octanol–water partition coefficient (Wildman–Crippen LogP) is 1.81. The van der Waals surface area contributed by atoms with Gasteiger partial charge in [0.2, 0.25) is 0 Å². The third-order valence-electron chi connectivity index (χ3n) is 2.91. The van der Waals surface area contributed by atoms with Gasteiger partial charge in [-0.25, -0.2) is 0 Å². The molecule has 0 saturated heterocycles. The van der Waals surface area contributed by atoms with E-state index in [1.54, 1.807) is 7.11 Å². The summed E-state index contributed by atoms with van der Waals surface area (Å²) in [6, 6.07) is 6.07. The van der Waals surface area contributed by atoms with Gasteiger partial charge in [-0.05, 0) is 0 Å². The SMILES string of the molecule is [Li][c]1ccc(OC)c(OC2CCCC2)c1. The van der Waals surface area contributed by atoms with Crippen LogP contribution in [-0.2, 0) is 0 Å². The predicted molar refractivity (Wildman–Crippen MR) is 61.3 cm³/mol. The van der Waals surface area contributed by atoms with Gasteiger partial charge in [0.05, 0.1) is 0 Å². The van der Waals surface area contributed by atoms with E-state index >= 15 is 0 Å². The van der Waals surface area contributed by atoms with Crippen LogP contribution in [0.2, 0.25) is 0 Å². The molecule has 0 N–H and O–H groups in total. The average molecular weight is 198 g/mol. The Bertz CT molecular complexity index is 332. The summed E-state index contributed by atoms with van der Waals surface area (Å²) in [5, 5.41) is 0. The fourth-order valence-electron chi connectivity index (χ4n) is 2.06. The van der Waals surface area contributed by atoms with Crippen LogP contribution >= 0.6 is 0 Å². The van der Waals surface area contributed by atoms with Crippen molar-refractivity contribution in [3.05, 3.63) is 18.2 Å². The van der Waals surface area contributed by atoms with Gasteiger partial charge in [0.1, 0.15) is 0 Å². The van der Waals surface area contributed by atoms with Gasteiger partial charge >= 0.3 is 100 Å². The van der Waals surface area contributed by atoms with Crippen LogP contribution < -0.4 is 13.7 Å². The standard InChI is InChI=1S/C12H15O2.Li/c1-13-11-8-4-5-9-12(11)14-10-6-2-3-7-10;/h4,8-10H,2-3,6-7H2,1H3;. The molecule has 2 nitrogen and oxygen atoms in total. The van der Waals surface area contributed by atoms with Crippen molar-refractivity contribution in [2.24, 2.45) is 0 Å². The van der Waals surface area contributed by atoms with E-state index in [4.69, 9.17) is 9.47 Å². The van der Waals surface area contributed by atoms with Crippen LogP contribution in [0.5, 0.6) is 11.5 Å². The fraction of sp³-hybridized carbons (Fsp3) is 0.500. The molecular formula is C12H15LiO2. The molecule has 0 heterocycles. The Morgan fingerprint density at radius 1 is 1.20 bits per heavy atom. The van der Waals surface area contributed by atoms with Crippen molar-refractivity contribution in [3.8, 4) is 11.5 Å². The van der Waals surface area contributed by atoms with Gasteiger partial charge in [-0.15, -0.1) is 0 Å². The van der Waals surface area contributed by atoms with Crippen molar-refractivity contribution in [2.75, 3.05) is 7.11 Å². The van der Waals surface area contributed by atoms with Crippen molar-refractivity contribution in [1.29, 1.82) is 0 Å². The summed E-state index contributed by atoms with van der Waals surface area (Å²) in [6.45, 7) is 0. The van der Waals surface area contributed by atoms with Crippen molar-refractivity contribution >= 4 is 22.0 Å². The molecule has 0 bridgehead atoms. The monoisotopic (exact) mass is 198 g/mol. The molecule has 1 aromatic carbocycles. The van der Waals surface area contributed by atoms with E-state index in [9.17, 15) is 0 Å². The Hall–Kier alpha value is -0.583. The van der Waals surface area contributed by atoms with Crippen molar-refractivity contribution in [2.45, 2.75) is 31.8 Å². The third-order valence-corrected chi connectivity index (χ3v) is 2.91. The first-order valence-corrected chi connectivity index (χ1v) is 5.61. The molecule has 1 aromatic rings. The molecular weight excluding hydrogens is 183 g/mol. The number of methoxy groups -OCH3 is 1. The average Bonchev–Trinajstić information content (AvgIpc) is 2.71. The molecule has 15 heavy (non-hydrogen) atoms. The van der Waals surface area contributed by atoms with E-state index in [-0.39, 0.29) is 0 Å². The summed E-state index contributed by atoms with van der Waals surface area (Å²) in [7, 11) is 1.69. The molecule has 0 aromatic heterocycles. The second-order valence-electron chi connectivity index (χ2n) is 4.18. The summed E-state index contributed by atoms with van der Waals surface area (Å²) < 4.78 is 12.5. The minimum atomic E-state index is 0.390. The van der Waals surface area contributed by atoms with Gasteiger partial charge < -0.3 is 0 Å². The summed E-state index contributed by atoms with van der Waals surface area (Å²) in [6.07, 6.45) is 5.33. The molecule has 1 aliphatic rings. The number of rotatable bonds is 3. The number of benzene rings is 1. The molecule has 76 valence electrons.